The number of allylic oxidation sites excluding steroid dienone is 1. The molecule has 0 heterocycles. The van der Waals surface area contributed by atoms with Crippen molar-refractivity contribution in [2.75, 3.05) is 0 Å². The van der Waals surface area contributed by atoms with E-state index < -0.39 is 14.6 Å². The number of hydrogen-bond acceptors (Lipinski definition) is 2. The summed E-state index contributed by atoms with van der Waals surface area (Å²) in [5.74, 6) is 0.409. The Morgan fingerprint density at radius 3 is 2.30 bits per heavy atom. The molecule has 1 aromatic carbocycles. The molecule has 0 bridgehead atoms. The maximum atomic E-state index is 13.0. The van der Waals surface area contributed by atoms with Gasteiger partial charge in [-0.05, 0) is 57.6 Å². The van der Waals surface area contributed by atoms with Crippen LogP contribution in [0.2, 0.25) is 0 Å². The minimum Gasteiger partial charge on any atom is -0.223 e. The molecule has 0 radical (unpaired) electrons. The number of sulfone groups is 1. The first-order valence-corrected chi connectivity index (χ1v) is 8.65. The van der Waals surface area contributed by atoms with Crippen LogP contribution in [0.5, 0.6) is 0 Å². The van der Waals surface area contributed by atoms with Crippen LogP contribution in [0.1, 0.15) is 39.2 Å². The third kappa shape index (κ3) is 2.22. The molecule has 1 saturated carbocycles. The van der Waals surface area contributed by atoms with Gasteiger partial charge in [-0.15, -0.1) is 0 Å². The van der Waals surface area contributed by atoms with Crippen molar-refractivity contribution >= 4 is 9.84 Å². The Bertz CT molecular complexity index is 613. The van der Waals surface area contributed by atoms with Crippen LogP contribution in [0.4, 0.5) is 0 Å². The molecule has 0 amide bonds. The van der Waals surface area contributed by atoms with Crippen molar-refractivity contribution in [3.63, 3.8) is 0 Å². The lowest BCUT2D eigenvalue weighted by Crippen LogP contribution is -2.39. The molecular formula is C17H24O2S. The van der Waals surface area contributed by atoms with E-state index in [1.54, 1.807) is 12.1 Å². The van der Waals surface area contributed by atoms with Crippen LogP contribution in [-0.4, -0.2) is 13.2 Å². The van der Waals surface area contributed by atoms with Gasteiger partial charge in [0.25, 0.3) is 0 Å². The van der Waals surface area contributed by atoms with E-state index in [1.165, 1.54) is 0 Å². The van der Waals surface area contributed by atoms with E-state index >= 15 is 0 Å². The van der Waals surface area contributed by atoms with Gasteiger partial charge in [0.2, 0.25) is 0 Å². The van der Waals surface area contributed by atoms with E-state index in [0.29, 0.717) is 17.2 Å². The lowest BCUT2D eigenvalue weighted by molar-refractivity contribution is 0.402. The molecule has 2 nitrogen and oxygen atoms in total. The van der Waals surface area contributed by atoms with E-state index in [4.69, 9.17) is 0 Å². The van der Waals surface area contributed by atoms with Crippen molar-refractivity contribution in [3.05, 3.63) is 42.0 Å². The fourth-order valence-corrected chi connectivity index (χ4v) is 5.46. The molecular weight excluding hydrogens is 268 g/mol. The molecule has 1 fully saturated rings. The highest BCUT2D eigenvalue weighted by Crippen LogP contribution is 2.49. The quantitative estimate of drug-likeness (QED) is 0.784. The summed E-state index contributed by atoms with van der Waals surface area (Å²) in [5, 5.41) is 0. The van der Waals surface area contributed by atoms with Crippen molar-refractivity contribution in [1.29, 1.82) is 0 Å². The first-order chi connectivity index (χ1) is 9.20. The standard InChI is InChI=1S/C17H24O2S/c1-12(2)16-10-11-17(5,14(16)4)20(18,19)15-8-6-13(3)7-9-15/h6-9,14,16H,1,10-11H2,2-5H3/t14-,16+,17-/m0/s1. The van der Waals surface area contributed by atoms with Gasteiger partial charge in [-0.2, -0.15) is 0 Å². The van der Waals surface area contributed by atoms with Gasteiger partial charge in [-0.25, -0.2) is 8.42 Å². The van der Waals surface area contributed by atoms with Gasteiger partial charge >= 0.3 is 0 Å². The van der Waals surface area contributed by atoms with Gasteiger partial charge in [0.05, 0.1) is 9.64 Å². The van der Waals surface area contributed by atoms with Gasteiger partial charge in [0.15, 0.2) is 9.84 Å². The van der Waals surface area contributed by atoms with E-state index in [2.05, 4.69) is 13.5 Å². The molecule has 0 spiro atoms. The Hall–Kier alpha value is -1.09. The van der Waals surface area contributed by atoms with Gasteiger partial charge in [-0.3, -0.25) is 0 Å². The fourth-order valence-electron chi connectivity index (χ4n) is 3.38. The zero-order valence-corrected chi connectivity index (χ0v) is 13.6. The van der Waals surface area contributed by atoms with Crippen LogP contribution in [0.25, 0.3) is 0 Å². The second-order valence-electron chi connectivity index (χ2n) is 6.41. The predicted octanol–water partition coefficient (Wildman–Crippen LogP) is 4.15. The lowest BCUT2D eigenvalue weighted by atomic mass is 9.88. The molecule has 3 heteroatoms. The Kier molecular flexibility index (Phi) is 3.85. The van der Waals surface area contributed by atoms with Gasteiger partial charge in [0, 0.05) is 0 Å². The van der Waals surface area contributed by atoms with Crippen LogP contribution in [-0.2, 0) is 9.84 Å². The van der Waals surface area contributed by atoms with E-state index in [-0.39, 0.29) is 5.92 Å². The third-order valence-corrected chi connectivity index (χ3v) is 7.79. The van der Waals surface area contributed by atoms with Crippen LogP contribution in [0.15, 0.2) is 41.3 Å². The lowest BCUT2D eigenvalue weighted by Gasteiger charge is -2.31. The summed E-state index contributed by atoms with van der Waals surface area (Å²) >= 11 is 0. The number of hydrogen-bond donors (Lipinski definition) is 0. The van der Waals surface area contributed by atoms with Crippen molar-refractivity contribution in [3.8, 4) is 0 Å². The van der Waals surface area contributed by atoms with E-state index in [0.717, 1.165) is 17.6 Å². The molecule has 1 aromatic rings. The maximum absolute atomic E-state index is 13.0. The molecule has 2 rings (SSSR count). The molecule has 1 aliphatic rings. The predicted molar refractivity (Wildman–Crippen MR) is 83.5 cm³/mol. The summed E-state index contributed by atoms with van der Waals surface area (Å²) in [7, 11) is -3.31. The average Bonchev–Trinajstić information content (AvgIpc) is 2.68. The molecule has 0 unspecified atom stereocenters. The summed E-state index contributed by atoms with van der Waals surface area (Å²) in [6.07, 6.45) is 1.62. The van der Waals surface area contributed by atoms with Crippen molar-refractivity contribution in [2.45, 2.75) is 50.2 Å². The summed E-state index contributed by atoms with van der Waals surface area (Å²) < 4.78 is 25.3. The van der Waals surface area contributed by atoms with Crippen LogP contribution in [0.3, 0.4) is 0 Å². The average molecular weight is 292 g/mol. The molecule has 0 aromatic heterocycles. The topological polar surface area (TPSA) is 34.1 Å². The van der Waals surface area contributed by atoms with Crippen LogP contribution < -0.4 is 0 Å². The Morgan fingerprint density at radius 1 is 1.30 bits per heavy atom. The second kappa shape index (κ2) is 5.03. The summed E-state index contributed by atoms with van der Waals surface area (Å²) in [6.45, 7) is 11.9. The zero-order valence-electron chi connectivity index (χ0n) is 12.8. The highest BCUT2D eigenvalue weighted by Gasteiger charge is 2.51. The number of rotatable bonds is 3. The van der Waals surface area contributed by atoms with Crippen LogP contribution in [0, 0.1) is 18.8 Å². The molecule has 0 aliphatic heterocycles. The van der Waals surface area contributed by atoms with Crippen molar-refractivity contribution in [1.82, 2.24) is 0 Å². The highest BCUT2D eigenvalue weighted by atomic mass is 32.2. The van der Waals surface area contributed by atoms with Gasteiger partial charge in [0.1, 0.15) is 0 Å². The Balaban J connectivity index is 2.44. The molecule has 110 valence electrons. The summed E-state index contributed by atoms with van der Waals surface area (Å²) in [4.78, 5) is 0.444. The largest absolute Gasteiger partial charge is 0.223 e. The monoisotopic (exact) mass is 292 g/mol. The number of aryl methyl sites for hydroxylation is 1. The smallest absolute Gasteiger partial charge is 0.184 e. The minimum absolute atomic E-state index is 0.103. The minimum atomic E-state index is -3.31. The third-order valence-electron chi connectivity index (χ3n) is 5.10. The molecule has 0 saturated heterocycles. The second-order valence-corrected chi connectivity index (χ2v) is 8.82. The fraction of sp³-hybridized carbons (Fsp3) is 0.529. The van der Waals surface area contributed by atoms with E-state index in [9.17, 15) is 8.42 Å². The van der Waals surface area contributed by atoms with Crippen molar-refractivity contribution in [2.24, 2.45) is 11.8 Å². The van der Waals surface area contributed by atoms with Gasteiger partial charge < -0.3 is 0 Å². The van der Waals surface area contributed by atoms with Crippen molar-refractivity contribution < 1.29 is 8.42 Å². The number of benzene rings is 1. The molecule has 0 N–H and O–H groups in total. The molecule has 20 heavy (non-hydrogen) atoms. The Labute approximate surface area is 122 Å². The van der Waals surface area contributed by atoms with E-state index in [1.807, 2.05) is 32.9 Å². The summed E-state index contributed by atoms with van der Waals surface area (Å²) in [5.41, 5.74) is 2.17. The Morgan fingerprint density at radius 2 is 1.85 bits per heavy atom. The zero-order chi connectivity index (χ0) is 15.1. The normalized spacial score (nSPS) is 30.4. The van der Waals surface area contributed by atoms with Crippen LogP contribution >= 0.6 is 0 Å². The summed E-state index contributed by atoms with van der Waals surface area (Å²) in [6, 6.07) is 7.20. The maximum Gasteiger partial charge on any atom is 0.184 e. The first kappa shape index (κ1) is 15.3. The molecule has 3 atom stereocenters. The highest BCUT2D eigenvalue weighted by molar-refractivity contribution is 7.92. The SMILES string of the molecule is C=C(C)[C@H]1CC[C@](C)(S(=O)(=O)c2ccc(C)cc2)[C@H]1C. The molecule has 1 aliphatic carbocycles. The van der Waals surface area contributed by atoms with Gasteiger partial charge in [-0.1, -0.05) is 36.8 Å². The first-order valence-electron chi connectivity index (χ1n) is 7.17.